The molecule has 0 radical (unpaired) electrons. The maximum absolute atomic E-state index is 12.3. The molecule has 0 bridgehead atoms. The van der Waals surface area contributed by atoms with Gasteiger partial charge in [0, 0.05) is 18.6 Å². The van der Waals surface area contributed by atoms with Crippen LogP contribution in [0.15, 0.2) is 0 Å². The third kappa shape index (κ3) is 3.37. The van der Waals surface area contributed by atoms with Crippen molar-refractivity contribution in [1.82, 2.24) is 10.2 Å². The molecular formula is C14H26N2O2. The van der Waals surface area contributed by atoms with Crippen molar-refractivity contribution >= 4 is 6.03 Å². The fourth-order valence-corrected chi connectivity index (χ4v) is 3.26. The van der Waals surface area contributed by atoms with E-state index in [1.165, 1.54) is 12.8 Å². The summed E-state index contributed by atoms with van der Waals surface area (Å²) in [5.74, 6) is 0. The number of urea groups is 1. The molecule has 104 valence electrons. The lowest BCUT2D eigenvalue weighted by Crippen LogP contribution is -2.49. The van der Waals surface area contributed by atoms with Gasteiger partial charge in [-0.3, -0.25) is 0 Å². The normalized spacial score (nSPS) is 29.2. The largest absolute Gasteiger partial charge is 0.393 e. The van der Waals surface area contributed by atoms with Gasteiger partial charge in [0.05, 0.1) is 6.10 Å². The first-order chi connectivity index (χ1) is 8.70. The number of amides is 2. The predicted molar refractivity (Wildman–Crippen MR) is 71.4 cm³/mol. The Labute approximate surface area is 110 Å². The first kappa shape index (κ1) is 13.7. The summed E-state index contributed by atoms with van der Waals surface area (Å²) in [6.07, 6.45) is 8.13. The van der Waals surface area contributed by atoms with Crippen LogP contribution >= 0.6 is 0 Å². The van der Waals surface area contributed by atoms with Crippen molar-refractivity contribution in [1.29, 1.82) is 0 Å². The Morgan fingerprint density at radius 1 is 1.17 bits per heavy atom. The summed E-state index contributed by atoms with van der Waals surface area (Å²) in [6, 6.07) is 0.811. The third-order valence-corrected chi connectivity index (χ3v) is 4.39. The smallest absolute Gasteiger partial charge is 0.317 e. The first-order valence-corrected chi connectivity index (χ1v) is 7.46. The van der Waals surface area contributed by atoms with Gasteiger partial charge >= 0.3 is 6.03 Å². The number of rotatable bonds is 3. The molecule has 0 spiro atoms. The maximum Gasteiger partial charge on any atom is 0.317 e. The van der Waals surface area contributed by atoms with E-state index >= 15 is 0 Å². The highest BCUT2D eigenvalue weighted by Crippen LogP contribution is 2.24. The van der Waals surface area contributed by atoms with Crippen LogP contribution in [0.3, 0.4) is 0 Å². The summed E-state index contributed by atoms with van der Waals surface area (Å²) in [6.45, 7) is 2.86. The lowest BCUT2D eigenvalue weighted by atomic mass is 9.93. The SMILES string of the molecule is CCN(C(=O)NC1CCC(O)CC1)C1CCCC1. The first-order valence-electron chi connectivity index (χ1n) is 7.46. The van der Waals surface area contributed by atoms with Crippen molar-refractivity contribution in [3.05, 3.63) is 0 Å². The number of aliphatic hydroxyl groups excluding tert-OH is 1. The van der Waals surface area contributed by atoms with E-state index in [0.29, 0.717) is 6.04 Å². The minimum Gasteiger partial charge on any atom is -0.393 e. The minimum absolute atomic E-state index is 0.103. The van der Waals surface area contributed by atoms with Crippen LogP contribution in [0.1, 0.15) is 58.3 Å². The quantitative estimate of drug-likeness (QED) is 0.811. The molecular weight excluding hydrogens is 228 g/mol. The van der Waals surface area contributed by atoms with E-state index in [2.05, 4.69) is 12.2 Å². The van der Waals surface area contributed by atoms with Crippen molar-refractivity contribution in [3.63, 3.8) is 0 Å². The van der Waals surface area contributed by atoms with Gasteiger partial charge in [-0.15, -0.1) is 0 Å². The van der Waals surface area contributed by atoms with Gasteiger partial charge in [0.25, 0.3) is 0 Å². The molecule has 0 saturated heterocycles. The molecule has 2 N–H and O–H groups in total. The Morgan fingerprint density at radius 2 is 1.78 bits per heavy atom. The Balaban J connectivity index is 1.81. The van der Waals surface area contributed by atoms with Crippen LogP contribution in [0.4, 0.5) is 4.79 Å². The van der Waals surface area contributed by atoms with Gasteiger partial charge in [-0.05, 0) is 45.4 Å². The highest BCUT2D eigenvalue weighted by atomic mass is 16.3. The molecule has 0 aromatic heterocycles. The average Bonchev–Trinajstić information content (AvgIpc) is 2.87. The van der Waals surface area contributed by atoms with Crippen molar-refractivity contribution in [2.24, 2.45) is 0 Å². The maximum atomic E-state index is 12.3. The van der Waals surface area contributed by atoms with E-state index in [1.807, 2.05) is 4.90 Å². The topological polar surface area (TPSA) is 52.6 Å². The molecule has 4 heteroatoms. The van der Waals surface area contributed by atoms with E-state index in [9.17, 15) is 9.90 Å². The van der Waals surface area contributed by atoms with E-state index in [1.54, 1.807) is 0 Å². The number of carbonyl (C=O) groups is 1. The second-order valence-electron chi connectivity index (χ2n) is 5.68. The lowest BCUT2D eigenvalue weighted by molar-refractivity contribution is 0.113. The van der Waals surface area contributed by atoms with Crippen molar-refractivity contribution in [2.45, 2.75) is 76.5 Å². The van der Waals surface area contributed by atoms with Crippen LogP contribution in [-0.2, 0) is 0 Å². The van der Waals surface area contributed by atoms with Gasteiger partial charge in [-0.25, -0.2) is 4.79 Å². The number of aliphatic hydroxyl groups is 1. The zero-order valence-electron chi connectivity index (χ0n) is 11.4. The molecule has 0 atom stereocenters. The molecule has 2 rings (SSSR count). The molecule has 0 aromatic rings. The molecule has 4 nitrogen and oxygen atoms in total. The zero-order valence-corrected chi connectivity index (χ0v) is 11.4. The summed E-state index contributed by atoms with van der Waals surface area (Å²) in [7, 11) is 0. The standard InChI is InChI=1S/C14H26N2O2/c1-2-16(12-5-3-4-6-12)14(18)15-11-7-9-13(17)10-8-11/h11-13,17H,2-10H2,1H3,(H,15,18). The van der Waals surface area contributed by atoms with Crippen LogP contribution in [0, 0.1) is 0 Å². The van der Waals surface area contributed by atoms with Crippen LogP contribution in [0.5, 0.6) is 0 Å². The average molecular weight is 254 g/mol. The second-order valence-corrected chi connectivity index (χ2v) is 5.68. The fourth-order valence-electron chi connectivity index (χ4n) is 3.26. The Hall–Kier alpha value is -0.770. The monoisotopic (exact) mass is 254 g/mol. The van der Waals surface area contributed by atoms with Crippen LogP contribution < -0.4 is 5.32 Å². The highest BCUT2D eigenvalue weighted by molar-refractivity contribution is 5.74. The minimum atomic E-state index is -0.157. The van der Waals surface area contributed by atoms with E-state index in [-0.39, 0.29) is 18.2 Å². The van der Waals surface area contributed by atoms with E-state index in [0.717, 1.165) is 45.1 Å². The summed E-state index contributed by atoms with van der Waals surface area (Å²) >= 11 is 0. The molecule has 0 unspecified atom stereocenters. The van der Waals surface area contributed by atoms with E-state index < -0.39 is 0 Å². The summed E-state index contributed by atoms with van der Waals surface area (Å²) in [5, 5.41) is 12.6. The summed E-state index contributed by atoms with van der Waals surface area (Å²) < 4.78 is 0. The van der Waals surface area contributed by atoms with Crippen LogP contribution in [0.25, 0.3) is 0 Å². The van der Waals surface area contributed by atoms with E-state index in [4.69, 9.17) is 0 Å². The number of nitrogens with zero attached hydrogens (tertiary/aromatic N) is 1. The van der Waals surface area contributed by atoms with Gasteiger partial charge in [0.15, 0.2) is 0 Å². The molecule has 0 aromatic carbocycles. The molecule has 0 aliphatic heterocycles. The summed E-state index contributed by atoms with van der Waals surface area (Å²) in [4.78, 5) is 14.3. The Bertz CT molecular complexity index is 269. The van der Waals surface area contributed by atoms with Gasteiger partial charge in [0.2, 0.25) is 0 Å². The number of carbonyl (C=O) groups excluding carboxylic acids is 1. The molecule has 2 fully saturated rings. The van der Waals surface area contributed by atoms with Gasteiger partial charge in [0.1, 0.15) is 0 Å². The van der Waals surface area contributed by atoms with Gasteiger partial charge in [-0.2, -0.15) is 0 Å². The fraction of sp³-hybridized carbons (Fsp3) is 0.929. The van der Waals surface area contributed by atoms with Crippen molar-refractivity contribution in [2.75, 3.05) is 6.54 Å². The number of hydrogen-bond acceptors (Lipinski definition) is 2. The molecule has 2 amide bonds. The Morgan fingerprint density at radius 3 is 2.33 bits per heavy atom. The highest BCUT2D eigenvalue weighted by Gasteiger charge is 2.28. The zero-order chi connectivity index (χ0) is 13.0. The molecule has 2 aliphatic rings. The predicted octanol–water partition coefficient (Wildman–Crippen LogP) is 2.26. The molecule has 2 aliphatic carbocycles. The van der Waals surface area contributed by atoms with Gasteiger partial charge in [-0.1, -0.05) is 12.8 Å². The third-order valence-electron chi connectivity index (χ3n) is 4.39. The number of nitrogens with one attached hydrogen (secondary N) is 1. The molecule has 0 heterocycles. The molecule has 2 saturated carbocycles. The second kappa shape index (κ2) is 6.41. The van der Waals surface area contributed by atoms with Gasteiger partial charge < -0.3 is 15.3 Å². The Kier molecular flexibility index (Phi) is 4.87. The van der Waals surface area contributed by atoms with Crippen molar-refractivity contribution < 1.29 is 9.90 Å². The summed E-state index contributed by atoms with van der Waals surface area (Å²) in [5.41, 5.74) is 0. The van der Waals surface area contributed by atoms with Crippen LogP contribution in [-0.4, -0.2) is 40.8 Å². The number of hydrogen-bond donors (Lipinski definition) is 2. The van der Waals surface area contributed by atoms with Crippen LogP contribution in [0.2, 0.25) is 0 Å². The lowest BCUT2D eigenvalue weighted by Gasteiger charge is -2.32. The van der Waals surface area contributed by atoms with Crippen molar-refractivity contribution in [3.8, 4) is 0 Å². The molecule has 18 heavy (non-hydrogen) atoms.